The predicted octanol–water partition coefficient (Wildman–Crippen LogP) is 3.11. The van der Waals surface area contributed by atoms with Crippen molar-refractivity contribution in [1.29, 1.82) is 0 Å². The highest BCUT2D eigenvalue weighted by atomic mass is 16.5. The maximum atomic E-state index is 12.6. The summed E-state index contributed by atoms with van der Waals surface area (Å²) in [5.74, 6) is 1.63. The van der Waals surface area contributed by atoms with Gasteiger partial charge in [-0.3, -0.25) is 10.2 Å². The first-order valence-electron chi connectivity index (χ1n) is 8.71. The highest BCUT2D eigenvalue weighted by molar-refractivity contribution is 5.98. The molecule has 7 heteroatoms. The van der Waals surface area contributed by atoms with Gasteiger partial charge < -0.3 is 14.0 Å². The molecule has 1 N–H and O–H groups in total. The number of nitrogens with one attached hydrogen (secondary N) is 1. The lowest BCUT2D eigenvalue weighted by Gasteiger charge is -2.26. The second kappa shape index (κ2) is 8.03. The van der Waals surface area contributed by atoms with E-state index in [0.717, 1.165) is 11.3 Å². The Bertz CT molecular complexity index is 887. The molecule has 0 atom stereocenters. The second-order valence-corrected chi connectivity index (χ2v) is 6.05. The molecular weight excluding hydrogens is 346 g/mol. The largest absolute Gasteiger partial charge is 0.457 e. The van der Waals surface area contributed by atoms with Gasteiger partial charge in [-0.1, -0.05) is 23.4 Å². The number of hydrazine groups is 1. The van der Waals surface area contributed by atoms with Crippen LogP contribution in [0.2, 0.25) is 0 Å². The van der Waals surface area contributed by atoms with Crippen LogP contribution in [-0.4, -0.2) is 42.4 Å². The minimum atomic E-state index is -0.252. The first-order chi connectivity index (χ1) is 13.3. The maximum absolute atomic E-state index is 12.6. The number of para-hydroxylation sites is 1. The van der Waals surface area contributed by atoms with Gasteiger partial charge in [0.1, 0.15) is 17.1 Å². The van der Waals surface area contributed by atoms with Crippen LogP contribution < -0.4 is 10.2 Å². The summed E-state index contributed by atoms with van der Waals surface area (Å²) in [5.41, 5.74) is 4.00. The highest BCUT2D eigenvalue weighted by Crippen LogP contribution is 2.28. The monoisotopic (exact) mass is 365 g/mol. The van der Waals surface area contributed by atoms with Gasteiger partial charge in [-0.15, -0.1) is 0 Å². The third-order valence-corrected chi connectivity index (χ3v) is 4.18. The third kappa shape index (κ3) is 4.16. The molecule has 1 aromatic heterocycles. The summed E-state index contributed by atoms with van der Waals surface area (Å²) in [6.07, 6.45) is 1.43. The minimum absolute atomic E-state index is 0.252. The fraction of sp³-hybridized carbons (Fsp3) is 0.200. The van der Waals surface area contributed by atoms with Crippen LogP contribution in [0.15, 0.2) is 65.3 Å². The Kier molecular flexibility index (Phi) is 5.13. The summed E-state index contributed by atoms with van der Waals surface area (Å²) < 4.78 is 16.4. The lowest BCUT2D eigenvalue weighted by molar-refractivity contribution is 0.0126. The SMILES string of the molecule is O=C(NN1CCOCC1)c1cnoc1-c1ccc(Oc2ccccc2)cc1. The van der Waals surface area contributed by atoms with Gasteiger partial charge >= 0.3 is 0 Å². The Morgan fingerprint density at radius 3 is 2.44 bits per heavy atom. The van der Waals surface area contributed by atoms with Crippen LogP contribution in [0.1, 0.15) is 10.4 Å². The van der Waals surface area contributed by atoms with Crippen molar-refractivity contribution < 1.29 is 18.8 Å². The summed E-state index contributed by atoms with van der Waals surface area (Å²) in [5, 5.41) is 5.63. The van der Waals surface area contributed by atoms with Crippen LogP contribution in [0.25, 0.3) is 11.3 Å². The Labute approximate surface area is 156 Å². The quantitative estimate of drug-likeness (QED) is 0.749. The van der Waals surface area contributed by atoms with Crippen molar-refractivity contribution in [3.63, 3.8) is 0 Å². The predicted molar refractivity (Wildman–Crippen MR) is 98.3 cm³/mol. The van der Waals surface area contributed by atoms with Gasteiger partial charge in [-0.2, -0.15) is 0 Å². The Balaban J connectivity index is 1.47. The van der Waals surface area contributed by atoms with Crippen LogP contribution in [0.3, 0.4) is 0 Å². The molecule has 0 saturated carbocycles. The van der Waals surface area contributed by atoms with Gasteiger partial charge in [0.2, 0.25) is 0 Å². The fourth-order valence-corrected chi connectivity index (χ4v) is 2.79. The van der Waals surface area contributed by atoms with Gasteiger partial charge in [-0.05, 0) is 36.4 Å². The molecule has 0 bridgehead atoms. The molecule has 1 amide bonds. The van der Waals surface area contributed by atoms with Gasteiger partial charge in [0.25, 0.3) is 5.91 Å². The number of rotatable bonds is 5. The maximum Gasteiger partial charge on any atom is 0.271 e. The lowest BCUT2D eigenvalue weighted by atomic mass is 10.1. The molecule has 0 spiro atoms. The number of hydrogen-bond acceptors (Lipinski definition) is 6. The van der Waals surface area contributed by atoms with Gasteiger partial charge in [0.05, 0.1) is 19.4 Å². The van der Waals surface area contributed by atoms with Crippen molar-refractivity contribution in [3.05, 3.63) is 66.4 Å². The lowest BCUT2D eigenvalue weighted by Crippen LogP contribution is -2.48. The number of carbonyl (C=O) groups excluding carboxylic acids is 1. The van der Waals surface area contributed by atoms with E-state index in [1.54, 1.807) is 0 Å². The standard InChI is InChI=1S/C20H19N3O4/c24-20(22-23-10-12-25-13-11-23)18-14-21-27-19(18)15-6-8-17(9-7-15)26-16-4-2-1-3-5-16/h1-9,14H,10-13H2,(H,22,24). The molecular formula is C20H19N3O4. The normalized spacial score (nSPS) is 14.7. The Morgan fingerprint density at radius 2 is 1.70 bits per heavy atom. The zero-order chi connectivity index (χ0) is 18.5. The van der Waals surface area contributed by atoms with E-state index in [1.165, 1.54) is 6.20 Å². The van der Waals surface area contributed by atoms with Gasteiger partial charge in [0, 0.05) is 18.7 Å². The van der Waals surface area contributed by atoms with E-state index in [2.05, 4.69) is 10.6 Å². The summed E-state index contributed by atoms with van der Waals surface area (Å²) in [7, 11) is 0. The third-order valence-electron chi connectivity index (χ3n) is 4.18. The van der Waals surface area contributed by atoms with Crippen molar-refractivity contribution in [2.24, 2.45) is 0 Å². The number of amides is 1. The molecule has 2 aromatic carbocycles. The van der Waals surface area contributed by atoms with E-state index in [1.807, 2.05) is 59.6 Å². The van der Waals surface area contributed by atoms with Crippen LogP contribution in [-0.2, 0) is 4.74 Å². The summed E-state index contributed by atoms with van der Waals surface area (Å²) in [6, 6.07) is 16.9. The summed E-state index contributed by atoms with van der Waals surface area (Å²) in [4.78, 5) is 12.6. The average molecular weight is 365 g/mol. The zero-order valence-corrected chi connectivity index (χ0v) is 14.6. The van der Waals surface area contributed by atoms with E-state index in [-0.39, 0.29) is 5.91 Å². The molecule has 1 aliphatic heterocycles. The zero-order valence-electron chi connectivity index (χ0n) is 14.6. The molecule has 4 rings (SSSR count). The van der Waals surface area contributed by atoms with Crippen LogP contribution >= 0.6 is 0 Å². The minimum Gasteiger partial charge on any atom is -0.457 e. The molecule has 0 aliphatic carbocycles. The number of nitrogens with zero attached hydrogens (tertiary/aromatic N) is 2. The second-order valence-electron chi connectivity index (χ2n) is 6.05. The van der Waals surface area contributed by atoms with Crippen LogP contribution in [0, 0.1) is 0 Å². The molecule has 1 saturated heterocycles. The number of aromatic nitrogens is 1. The number of ether oxygens (including phenoxy) is 2. The van der Waals surface area contributed by atoms with Gasteiger partial charge in [-0.25, -0.2) is 5.01 Å². The summed E-state index contributed by atoms with van der Waals surface area (Å²) in [6.45, 7) is 2.50. The Morgan fingerprint density at radius 1 is 1.00 bits per heavy atom. The smallest absolute Gasteiger partial charge is 0.271 e. The molecule has 1 aliphatic rings. The fourth-order valence-electron chi connectivity index (χ4n) is 2.79. The van der Waals surface area contributed by atoms with E-state index in [9.17, 15) is 4.79 Å². The number of benzene rings is 2. The summed E-state index contributed by atoms with van der Waals surface area (Å²) >= 11 is 0. The van der Waals surface area contributed by atoms with Crippen molar-refractivity contribution in [2.75, 3.05) is 26.3 Å². The molecule has 2 heterocycles. The van der Waals surface area contributed by atoms with Crippen molar-refractivity contribution in [3.8, 4) is 22.8 Å². The Hall–Kier alpha value is -3.16. The van der Waals surface area contributed by atoms with E-state index >= 15 is 0 Å². The topological polar surface area (TPSA) is 76.8 Å². The number of morpholine rings is 1. The highest BCUT2D eigenvalue weighted by Gasteiger charge is 2.21. The molecule has 138 valence electrons. The van der Waals surface area contributed by atoms with Crippen molar-refractivity contribution in [1.82, 2.24) is 15.6 Å². The van der Waals surface area contributed by atoms with Gasteiger partial charge in [0.15, 0.2) is 5.76 Å². The molecule has 3 aromatic rings. The molecule has 7 nitrogen and oxygen atoms in total. The first-order valence-corrected chi connectivity index (χ1v) is 8.71. The molecule has 27 heavy (non-hydrogen) atoms. The molecule has 0 radical (unpaired) electrons. The van der Waals surface area contributed by atoms with Crippen molar-refractivity contribution in [2.45, 2.75) is 0 Å². The van der Waals surface area contributed by atoms with E-state index in [4.69, 9.17) is 14.0 Å². The van der Waals surface area contributed by atoms with Crippen molar-refractivity contribution >= 4 is 5.91 Å². The van der Waals surface area contributed by atoms with Crippen LogP contribution in [0.4, 0.5) is 0 Å². The van der Waals surface area contributed by atoms with Crippen LogP contribution in [0.5, 0.6) is 11.5 Å². The van der Waals surface area contributed by atoms with E-state index in [0.29, 0.717) is 43.4 Å². The number of carbonyl (C=O) groups is 1. The number of hydrogen-bond donors (Lipinski definition) is 1. The molecule has 1 fully saturated rings. The van der Waals surface area contributed by atoms with E-state index < -0.39 is 0 Å². The first kappa shape index (κ1) is 17.3. The molecule has 0 unspecified atom stereocenters. The average Bonchev–Trinajstić information content (AvgIpc) is 3.20.